The van der Waals surface area contributed by atoms with Crippen molar-refractivity contribution in [2.24, 2.45) is 0 Å². The zero-order chi connectivity index (χ0) is 17.4. The standard InChI is InChI=1S/C19H23N3O2S/c1-3-20-25(23)15-5-7-18-17(13-15)16-6-4-14(12-19(16)24-18)22-10-8-21(2)9-11-22/h4-7,12-13,20H,3,8-11H2,1-2H3. The van der Waals surface area contributed by atoms with Crippen LogP contribution in [0.15, 0.2) is 45.7 Å². The SMILES string of the molecule is CCNS(=O)c1ccc2oc3cc(N4CCN(C)CC4)ccc3c2c1. The molecule has 5 nitrogen and oxygen atoms in total. The van der Waals surface area contributed by atoms with Crippen molar-refractivity contribution >= 4 is 38.6 Å². The fourth-order valence-electron chi connectivity index (χ4n) is 3.34. The van der Waals surface area contributed by atoms with Crippen LogP contribution in [0.5, 0.6) is 0 Å². The van der Waals surface area contributed by atoms with Crippen molar-refractivity contribution in [2.75, 3.05) is 44.7 Å². The summed E-state index contributed by atoms with van der Waals surface area (Å²) < 4.78 is 21.2. The number of likely N-dealkylation sites (N-methyl/N-ethyl adjacent to an activating group) is 1. The molecule has 0 spiro atoms. The summed E-state index contributed by atoms with van der Waals surface area (Å²) in [6, 6.07) is 12.2. The van der Waals surface area contributed by atoms with Crippen LogP contribution in [-0.4, -0.2) is 48.9 Å². The van der Waals surface area contributed by atoms with E-state index < -0.39 is 11.0 Å². The van der Waals surface area contributed by atoms with Gasteiger partial charge in [-0.2, -0.15) is 0 Å². The van der Waals surface area contributed by atoms with E-state index in [0.29, 0.717) is 6.54 Å². The Morgan fingerprint density at radius 1 is 1.04 bits per heavy atom. The van der Waals surface area contributed by atoms with Gasteiger partial charge in [-0.15, -0.1) is 0 Å². The molecule has 2 heterocycles. The van der Waals surface area contributed by atoms with E-state index in [2.05, 4.69) is 39.8 Å². The molecule has 0 bridgehead atoms. The summed E-state index contributed by atoms with van der Waals surface area (Å²) in [4.78, 5) is 5.53. The summed E-state index contributed by atoms with van der Waals surface area (Å²) in [6.45, 7) is 6.85. The number of rotatable bonds is 4. The number of piperazine rings is 1. The number of nitrogens with one attached hydrogen (secondary N) is 1. The smallest absolute Gasteiger partial charge is 0.137 e. The average Bonchev–Trinajstić information content (AvgIpc) is 2.99. The Morgan fingerprint density at radius 3 is 2.60 bits per heavy atom. The number of anilines is 1. The second-order valence-electron chi connectivity index (χ2n) is 6.50. The van der Waals surface area contributed by atoms with Crippen molar-refractivity contribution in [1.29, 1.82) is 0 Å². The summed E-state index contributed by atoms with van der Waals surface area (Å²) in [6.07, 6.45) is 0. The Kier molecular flexibility index (Phi) is 4.50. The van der Waals surface area contributed by atoms with E-state index in [1.165, 1.54) is 5.69 Å². The molecule has 1 N–H and O–H groups in total. The Bertz CT molecular complexity index is 929. The number of furan rings is 1. The average molecular weight is 357 g/mol. The van der Waals surface area contributed by atoms with Crippen molar-refractivity contribution in [3.63, 3.8) is 0 Å². The van der Waals surface area contributed by atoms with E-state index in [-0.39, 0.29) is 0 Å². The molecule has 132 valence electrons. The molecule has 1 atom stereocenters. The highest BCUT2D eigenvalue weighted by Crippen LogP contribution is 2.32. The summed E-state index contributed by atoms with van der Waals surface area (Å²) in [5, 5.41) is 2.09. The molecular weight excluding hydrogens is 334 g/mol. The first kappa shape index (κ1) is 16.6. The summed E-state index contributed by atoms with van der Waals surface area (Å²) in [5.74, 6) is 0. The predicted molar refractivity (Wildman–Crippen MR) is 104 cm³/mol. The first-order valence-corrected chi connectivity index (χ1v) is 9.86. The van der Waals surface area contributed by atoms with Gasteiger partial charge in [0, 0.05) is 55.2 Å². The molecule has 1 saturated heterocycles. The molecule has 1 aliphatic rings. The molecule has 1 aliphatic heterocycles. The lowest BCUT2D eigenvalue weighted by molar-refractivity contribution is 0.313. The van der Waals surface area contributed by atoms with Crippen molar-refractivity contribution in [3.8, 4) is 0 Å². The molecule has 4 rings (SSSR count). The van der Waals surface area contributed by atoms with Gasteiger partial charge in [0.25, 0.3) is 0 Å². The monoisotopic (exact) mass is 357 g/mol. The van der Waals surface area contributed by atoms with Crippen LogP contribution in [0.2, 0.25) is 0 Å². The molecule has 0 radical (unpaired) electrons. The minimum absolute atomic E-state index is 0.672. The van der Waals surface area contributed by atoms with E-state index in [4.69, 9.17) is 4.42 Å². The molecule has 6 heteroatoms. The zero-order valence-electron chi connectivity index (χ0n) is 14.6. The van der Waals surface area contributed by atoms with Gasteiger partial charge in [0.2, 0.25) is 0 Å². The number of hydrogen-bond donors (Lipinski definition) is 1. The van der Waals surface area contributed by atoms with Crippen LogP contribution in [0.3, 0.4) is 0 Å². The predicted octanol–water partition coefficient (Wildman–Crippen LogP) is 2.97. The normalized spacial score (nSPS) is 17.4. The van der Waals surface area contributed by atoms with Crippen LogP contribution in [0.4, 0.5) is 5.69 Å². The van der Waals surface area contributed by atoms with Crippen LogP contribution in [0.25, 0.3) is 21.9 Å². The largest absolute Gasteiger partial charge is 0.456 e. The van der Waals surface area contributed by atoms with Crippen molar-refractivity contribution in [1.82, 2.24) is 9.62 Å². The summed E-state index contributed by atoms with van der Waals surface area (Å²) >= 11 is 0. The van der Waals surface area contributed by atoms with Gasteiger partial charge in [0.15, 0.2) is 0 Å². The Morgan fingerprint density at radius 2 is 1.84 bits per heavy atom. The van der Waals surface area contributed by atoms with Crippen LogP contribution >= 0.6 is 0 Å². The third-order valence-corrected chi connectivity index (χ3v) is 6.02. The zero-order valence-corrected chi connectivity index (χ0v) is 15.4. The Balaban J connectivity index is 1.71. The van der Waals surface area contributed by atoms with Crippen LogP contribution < -0.4 is 9.62 Å². The first-order valence-electron chi connectivity index (χ1n) is 8.71. The summed E-state index contributed by atoms with van der Waals surface area (Å²) in [7, 11) is 0.979. The van der Waals surface area contributed by atoms with Crippen LogP contribution in [0, 0.1) is 0 Å². The minimum atomic E-state index is -1.18. The van der Waals surface area contributed by atoms with Gasteiger partial charge in [-0.3, -0.25) is 0 Å². The minimum Gasteiger partial charge on any atom is -0.456 e. The van der Waals surface area contributed by atoms with E-state index in [1.807, 2.05) is 25.1 Å². The van der Waals surface area contributed by atoms with Gasteiger partial charge in [0.05, 0.1) is 4.90 Å². The molecule has 1 fully saturated rings. The Hall–Kier alpha value is -1.89. The highest BCUT2D eigenvalue weighted by Gasteiger charge is 2.16. The maximum absolute atomic E-state index is 12.2. The topological polar surface area (TPSA) is 48.7 Å². The maximum atomic E-state index is 12.2. The molecular formula is C19H23N3O2S. The lowest BCUT2D eigenvalue weighted by atomic mass is 10.1. The van der Waals surface area contributed by atoms with E-state index in [9.17, 15) is 4.21 Å². The molecule has 3 aromatic rings. The Labute approximate surface area is 150 Å². The van der Waals surface area contributed by atoms with Crippen LogP contribution in [0.1, 0.15) is 6.92 Å². The number of benzene rings is 2. The fourth-order valence-corrected chi connectivity index (χ4v) is 4.18. The van der Waals surface area contributed by atoms with Crippen molar-refractivity contribution in [3.05, 3.63) is 36.4 Å². The quantitative estimate of drug-likeness (QED) is 0.780. The highest BCUT2D eigenvalue weighted by atomic mass is 32.2. The van der Waals surface area contributed by atoms with Gasteiger partial charge < -0.3 is 14.2 Å². The second-order valence-corrected chi connectivity index (χ2v) is 7.79. The third-order valence-electron chi connectivity index (χ3n) is 4.78. The van der Waals surface area contributed by atoms with Crippen molar-refractivity contribution in [2.45, 2.75) is 11.8 Å². The number of nitrogens with zero attached hydrogens (tertiary/aromatic N) is 2. The van der Waals surface area contributed by atoms with Gasteiger partial charge in [-0.05, 0) is 37.4 Å². The van der Waals surface area contributed by atoms with Crippen molar-refractivity contribution < 1.29 is 8.63 Å². The number of hydrogen-bond acceptors (Lipinski definition) is 4. The number of fused-ring (bicyclic) bond motifs is 3. The molecule has 2 aromatic carbocycles. The second kappa shape index (κ2) is 6.78. The molecule has 25 heavy (non-hydrogen) atoms. The van der Waals surface area contributed by atoms with E-state index >= 15 is 0 Å². The molecule has 0 amide bonds. The third kappa shape index (κ3) is 3.17. The fraction of sp³-hybridized carbons (Fsp3) is 0.368. The molecule has 0 saturated carbocycles. The molecule has 1 unspecified atom stereocenters. The van der Waals surface area contributed by atoms with E-state index in [1.54, 1.807) is 0 Å². The highest BCUT2D eigenvalue weighted by molar-refractivity contribution is 7.83. The van der Waals surface area contributed by atoms with Crippen LogP contribution in [-0.2, 0) is 11.0 Å². The summed E-state index contributed by atoms with van der Waals surface area (Å²) in [5.41, 5.74) is 2.93. The van der Waals surface area contributed by atoms with Gasteiger partial charge in [0.1, 0.15) is 22.2 Å². The maximum Gasteiger partial charge on any atom is 0.137 e. The van der Waals surface area contributed by atoms with Gasteiger partial charge >= 0.3 is 0 Å². The molecule has 0 aliphatic carbocycles. The van der Waals surface area contributed by atoms with Gasteiger partial charge in [-0.25, -0.2) is 8.93 Å². The lowest BCUT2D eigenvalue weighted by Gasteiger charge is -2.34. The first-order chi connectivity index (χ1) is 12.2. The lowest BCUT2D eigenvalue weighted by Crippen LogP contribution is -2.44. The molecule has 1 aromatic heterocycles. The van der Waals surface area contributed by atoms with Gasteiger partial charge in [-0.1, -0.05) is 6.92 Å². The van der Waals surface area contributed by atoms with E-state index in [0.717, 1.165) is 53.0 Å².